The molecule has 0 unspecified atom stereocenters. The summed E-state index contributed by atoms with van der Waals surface area (Å²) in [5, 5.41) is 18.8. The van der Waals surface area contributed by atoms with Crippen LogP contribution in [-0.2, 0) is 10.0 Å². The maximum absolute atomic E-state index is 11.6. The number of nitrogens with two attached hydrogens (primary N) is 1. The molecule has 2 aromatic carbocycles. The number of primary sulfonamides is 1. The third-order valence-corrected chi connectivity index (χ3v) is 6.80. The Morgan fingerprint density at radius 2 is 1.69 bits per heavy atom. The van der Waals surface area contributed by atoms with Crippen molar-refractivity contribution in [3.63, 3.8) is 0 Å². The van der Waals surface area contributed by atoms with Crippen molar-refractivity contribution in [3.05, 3.63) is 42.0 Å². The zero-order valence-electron chi connectivity index (χ0n) is 19.7. The maximum atomic E-state index is 11.6. The zero-order chi connectivity index (χ0) is 25.6. The van der Waals surface area contributed by atoms with Crippen LogP contribution in [-0.4, -0.2) is 45.5 Å². The third kappa shape index (κ3) is 5.94. The van der Waals surface area contributed by atoms with E-state index in [1.165, 1.54) is 45.2 Å². The van der Waals surface area contributed by atoms with E-state index in [1.54, 1.807) is 24.3 Å². The molecule has 0 aliphatic carbocycles. The molecule has 3 rings (SSSR count). The highest BCUT2D eigenvalue weighted by molar-refractivity contribution is 7.99. The second-order valence-corrected chi connectivity index (χ2v) is 9.77. The van der Waals surface area contributed by atoms with E-state index in [4.69, 9.17) is 19.3 Å². The van der Waals surface area contributed by atoms with E-state index in [1.807, 2.05) is 6.92 Å². The Hall–Kier alpha value is -3.53. The average molecular weight is 516 g/mol. The average Bonchev–Trinajstić information content (AvgIpc) is 2.85. The van der Waals surface area contributed by atoms with Gasteiger partial charge in [-0.05, 0) is 42.8 Å². The molecule has 0 aliphatic rings. The number of thioether (sulfide) groups is 1. The van der Waals surface area contributed by atoms with Crippen molar-refractivity contribution in [1.29, 1.82) is 5.26 Å². The topological polar surface area (TPSA) is 149 Å². The molecule has 0 fully saturated rings. The number of methoxy groups -OCH3 is 3. The minimum Gasteiger partial charge on any atom is -0.493 e. The quantitative estimate of drug-likeness (QED) is 0.300. The Balaban J connectivity index is 2.17. The Kier molecular flexibility index (Phi) is 8.39. The Morgan fingerprint density at radius 1 is 1.06 bits per heavy atom. The lowest BCUT2D eigenvalue weighted by atomic mass is 10.1. The van der Waals surface area contributed by atoms with Crippen LogP contribution in [0.25, 0.3) is 11.3 Å². The Bertz CT molecular complexity index is 1330. The molecule has 0 saturated heterocycles. The maximum Gasteiger partial charge on any atom is 0.238 e. The minimum atomic E-state index is -3.83. The smallest absolute Gasteiger partial charge is 0.238 e. The van der Waals surface area contributed by atoms with Crippen molar-refractivity contribution < 1.29 is 22.6 Å². The van der Waals surface area contributed by atoms with E-state index in [9.17, 15) is 13.7 Å². The molecule has 0 amide bonds. The molecule has 1 heterocycles. The fourth-order valence-corrected chi connectivity index (χ4v) is 4.40. The number of hydrogen-bond acceptors (Lipinski definition) is 10. The first-order chi connectivity index (χ1) is 16.7. The van der Waals surface area contributed by atoms with Gasteiger partial charge in [-0.15, -0.1) is 0 Å². The summed E-state index contributed by atoms with van der Waals surface area (Å²) < 4.78 is 39.5. The van der Waals surface area contributed by atoms with Crippen LogP contribution in [0.1, 0.15) is 18.9 Å². The number of nitriles is 1. The van der Waals surface area contributed by atoms with Crippen molar-refractivity contribution >= 4 is 33.3 Å². The lowest BCUT2D eigenvalue weighted by Gasteiger charge is -2.16. The molecule has 3 aromatic rings. The molecule has 0 radical (unpaired) electrons. The summed E-state index contributed by atoms with van der Waals surface area (Å²) >= 11 is 1.45. The van der Waals surface area contributed by atoms with Gasteiger partial charge in [0.2, 0.25) is 15.8 Å². The molecule has 184 valence electrons. The summed E-state index contributed by atoms with van der Waals surface area (Å²) in [5.74, 6) is 2.30. The van der Waals surface area contributed by atoms with E-state index < -0.39 is 10.0 Å². The monoisotopic (exact) mass is 515 g/mol. The number of anilines is 2. The lowest BCUT2D eigenvalue weighted by molar-refractivity contribution is 0.324. The van der Waals surface area contributed by atoms with Crippen LogP contribution in [0.2, 0.25) is 0 Å². The van der Waals surface area contributed by atoms with Crippen LogP contribution >= 0.6 is 11.8 Å². The van der Waals surface area contributed by atoms with Gasteiger partial charge in [0.1, 0.15) is 11.6 Å². The van der Waals surface area contributed by atoms with Crippen molar-refractivity contribution in [2.24, 2.45) is 5.14 Å². The van der Waals surface area contributed by atoms with Gasteiger partial charge in [-0.2, -0.15) is 5.26 Å². The number of benzene rings is 2. The van der Waals surface area contributed by atoms with Crippen molar-refractivity contribution in [3.8, 4) is 34.6 Å². The van der Waals surface area contributed by atoms with Gasteiger partial charge in [0.15, 0.2) is 22.5 Å². The molecular weight excluding hydrogens is 490 g/mol. The summed E-state index contributed by atoms with van der Waals surface area (Å²) in [6.45, 7) is 2.04. The highest BCUT2D eigenvalue weighted by atomic mass is 32.2. The SMILES string of the molecule is CCCSc1nc(Nc2ccc(S(N)(=O)=O)cc2)c(C#N)c(-c2cc(OC)c(OC)c(OC)c2)n1. The second-order valence-electron chi connectivity index (χ2n) is 7.15. The molecule has 0 atom stereocenters. The first-order valence-electron chi connectivity index (χ1n) is 10.4. The van der Waals surface area contributed by atoms with Crippen LogP contribution in [0.5, 0.6) is 17.2 Å². The molecule has 3 N–H and O–H groups in total. The van der Waals surface area contributed by atoms with Gasteiger partial charge >= 0.3 is 0 Å². The van der Waals surface area contributed by atoms with Gasteiger partial charge in [0, 0.05) is 17.0 Å². The van der Waals surface area contributed by atoms with E-state index in [0.717, 1.165) is 12.2 Å². The lowest BCUT2D eigenvalue weighted by Crippen LogP contribution is -2.12. The molecule has 0 spiro atoms. The van der Waals surface area contributed by atoms with Gasteiger partial charge in [-0.25, -0.2) is 23.5 Å². The van der Waals surface area contributed by atoms with E-state index in [2.05, 4.69) is 21.4 Å². The number of nitrogens with zero attached hydrogens (tertiary/aromatic N) is 3. The van der Waals surface area contributed by atoms with Gasteiger partial charge in [0.05, 0.1) is 31.9 Å². The molecule has 35 heavy (non-hydrogen) atoms. The highest BCUT2D eigenvalue weighted by Gasteiger charge is 2.21. The predicted octanol–water partition coefficient (Wildman–Crippen LogP) is 3.93. The molecule has 1 aromatic heterocycles. The van der Waals surface area contributed by atoms with Crippen LogP contribution in [0.3, 0.4) is 0 Å². The molecule has 0 bridgehead atoms. The fraction of sp³-hybridized carbons (Fsp3) is 0.261. The Morgan fingerprint density at radius 3 is 2.17 bits per heavy atom. The first kappa shape index (κ1) is 26.1. The van der Waals surface area contributed by atoms with Crippen LogP contribution in [0.4, 0.5) is 11.5 Å². The summed E-state index contributed by atoms with van der Waals surface area (Å²) in [6.07, 6.45) is 0.908. The van der Waals surface area contributed by atoms with Gasteiger partial charge in [0.25, 0.3) is 0 Å². The Labute approximate surface area is 208 Å². The van der Waals surface area contributed by atoms with Crippen LogP contribution in [0.15, 0.2) is 46.5 Å². The number of rotatable bonds is 10. The first-order valence-corrected chi connectivity index (χ1v) is 12.9. The molecule has 12 heteroatoms. The summed E-state index contributed by atoms with van der Waals surface area (Å²) in [5.41, 5.74) is 1.67. The fourth-order valence-electron chi connectivity index (χ4n) is 3.19. The normalized spacial score (nSPS) is 11.0. The third-order valence-electron chi connectivity index (χ3n) is 4.82. The zero-order valence-corrected chi connectivity index (χ0v) is 21.3. The second kappa shape index (κ2) is 11.3. The van der Waals surface area contributed by atoms with Crippen molar-refractivity contribution in [2.45, 2.75) is 23.4 Å². The number of nitrogens with one attached hydrogen (secondary N) is 1. The summed E-state index contributed by atoms with van der Waals surface area (Å²) in [7, 11) is 0.695. The van der Waals surface area contributed by atoms with Gasteiger partial charge in [-0.1, -0.05) is 18.7 Å². The van der Waals surface area contributed by atoms with E-state index in [-0.39, 0.29) is 16.3 Å². The number of aromatic nitrogens is 2. The largest absolute Gasteiger partial charge is 0.493 e. The summed E-state index contributed by atoms with van der Waals surface area (Å²) in [4.78, 5) is 9.16. The van der Waals surface area contributed by atoms with E-state index in [0.29, 0.717) is 39.3 Å². The van der Waals surface area contributed by atoms with Gasteiger partial charge in [-0.3, -0.25) is 0 Å². The van der Waals surface area contributed by atoms with E-state index >= 15 is 0 Å². The number of sulfonamides is 1. The van der Waals surface area contributed by atoms with Gasteiger partial charge < -0.3 is 19.5 Å². The van der Waals surface area contributed by atoms with Crippen LogP contribution < -0.4 is 24.7 Å². The minimum absolute atomic E-state index is 0.0245. The predicted molar refractivity (Wildman–Crippen MR) is 134 cm³/mol. The highest BCUT2D eigenvalue weighted by Crippen LogP contribution is 2.42. The molecule has 0 saturated carbocycles. The van der Waals surface area contributed by atoms with Crippen molar-refractivity contribution in [2.75, 3.05) is 32.4 Å². The molecule has 0 aliphatic heterocycles. The standard InChI is InChI=1S/C23H25N5O5S2/c1-5-10-34-23-27-20(14-11-18(31-2)21(33-4)19(12-14)32-3)17(13-24)22(28-23)26-15-6-8-16(9-7-15)35(25,29)30/h6-9,11-12H,5,10H2,1-4H3,(H2,25,29,30)(H,26,27,28). The molecule has 10 nitrogen and oxygen atoms in total. The summed E-state index contributed by atoms with van der Waals surface area (Å²) in [6, 6.07) is 11.4. The van der Waals surface area contributed by atoms with Crippen LogP contribution in [0, 0.1) is 11.3 Å². The molecular formula is C23H25N5O5S2. The number of hydrogen-bond donors (Lipinski definition) is 2. The number of ether oxygens (including phenoxy) is 3. The van der Waals surface area contributed by atoms with Crippen molar-refractivity contribution in [1.82, 2.24) is 9.97 Å².